The van der Waals surface area contributed by atoms with Crippen molar-refractivity contribution in [2.24, 2.45) is 5.92 Å². The lowest BCUT2D eigenvalue weighted by atomic mass is 10.2. The van der Waals surface area contributed by atoms with Crippen molar-refractivity contribution in [2.75, 3.05) is 0 Å². The summed E-state index contributed by atoms with van der Waals surface area (Å²) in [5, 5.41) is 0. The fourth-order valence-corrected chi connectivity index (χ4v) is 1.55. The van der Waals surface area contributed by atoms with Crippen LogP contribution in [0.4, 0.5) is 0 Å². The molecule has 2 rings (SSSR count). The van der Waals surface area contributed by atoms with E-state index < -0.39 is 0 Å². The van der Waals surface area contributed by atoms with Gasteiger partial charge in [-0.05, 0) is 18.8 Å². The second-order valence-corrected chi connectivity index (χ2v) is 4.04. The van der Waals surface area contributed by atoms with E-state index in [0.29, 0.717) is 5.92 Å². The maximum atomic E-state index is 4.36. The molecule has 1 aromatic rings. The fraction of sp³-hybridized carbons (Fsp3) is 0.700. The SMILES string of the molecule is CC(C)c1nccn1CC1CC1. The van der Waals surface area contributed by atoms with E-state index in [4.69, 9.17) is 0 Å². The molecule has 1 aliphatic carbocycles. The molecular weight excluding hydrogens is 148 g/mol. The first-order chi connectivity index (χ1) is 5.77. The molecule has 0 atom stereocenters. The molecule has 0 amide bonds. The van der Waals surface area contributed by atoms with Crippen LogP contribution < -0.4 is 0 Å². The average Bonchev–Trinajstić information content (AvgIpc) is 2.66. The van der Waals surface area contributed by atoms with E-state index in [1.54, 1.807) is 0 Å². The Hall–Kier alpha value is -0.790. The van der Waals surface area contributed by atoms with E-state index in [0.717, 1.165) is 5.92 Å². The highest BCUT2D eigenvalue weighted by Gasteiger charge is 2.22. The third kappa shape index (κ3) is 1.52. The van der Waals surface area contributed by atoms with Crippen molar-refractivity contribution in [3.05, 3.63) is 18.2 Å². The predicted molar refractivity (Wildman–Crippen MR) is 49.0 cm³/mol. The van der Waals surface area contributed by atoms with Crippen molar-refractivity contribution >= 4 is 0 Å². The lowest BCUT2D eigenvalue weighted by Crippen LogP contribution is -2.05. The Morgan fingerprint density at radius 1 is 1.58 bits per heavy atom. The number of hydrogen-bond donors (Lipinski definition) is 0. The number of imidazole rings is 1. The van der Waals surface area contributed by atoms with Crippen molar-refractivity contribution < 1.29 is 0 Å². The molecule has 2 heteroatoms. The largest absolute Gasteiger partial charge is 0.334 e. The molecule has 66 valence electrons. The first kappa shape index (κ1) is 7.84. The second-order valence-electron chi connectivity index (χ2n) is 4.04. The first-order valence-electron chi connectivity index (χ1n) is 4.78. The van der Waals surface area contributed by atoms with Gasteiger partial charge in [-0.2, -0.15) is 0 Å². The molecule has 0 bridgehead atoms. The van der Waals surface area contributed by atoms with Crippen LogP contribution in [0.5, 0.6) is 0 Å². The van der Waals surface area contributed by atoms with Crippen LogP contribution in [-0.4, -0.2) is 9.55 Å². The maximum absolute atomic E-state index is 4.36. The van der Waals surface area contributed by atoms with Gasteiger partial charge in [-0.25, -0.2) is 4.98 Å². The average molecular weight is 164 g/mol. The molecule has 1 saturated carbocycles. The van der Waals surface area contributed by atoms with E-state index in [2.05, 4.69) is 29.6 Å². The zero-order chi connectivity index (χ0) is 8.55. The van der Waals surface area contributed by atoms with Crippen molar-refractivity contribution in [1.82, 2.24) is 9.55 Å². The first-order valence-corrected chi connectivity index (χ1v) is 4.78. The second kappa shape index (κ2) is 2.92. The smallest absolute Gasteiger partial charge is 0.111 e. The summed E-state index contributed by atoms with van der Waals surface area (Å²) >= 11 is 0. The van der Waals surface area contributed by atoms with E-state index in [-0.39, 0.29) is 0 Å². The van der Waals surface area contributed by atoms with Crippen LogP contribution in [0.1, 0.15) is 38.4 Å². The zero-order valence-electron chi connectivity index (χ0n) is 7.83. The minimum atomic E-state index is 0.554. The molecule has 12 heavy (non-hydrogen) atoms. The molecule has 1 heterocycles. The van der Waals surface area contributed by atoms with Gasteiger partial charge in [-0.15, -0.1) is 0 Å². The van der Waals surface area contributed by atoms with Crippen molar-refractivity contribution in [3.8, 4) is 0 Å². The van der Waals surface area contributed by atoms with Gasteiger partial charge in [0, 0.05) is 24.9 Å². The standard InChI is InChI=1S/C10H16N2/c1-8(2)10-11-5-6-12(10)7-9-3-4-9/h5-6,8-9H,3-4,7H2,1-2H3. The van der Waals surface area contributed by atoms with Gasteiger partial charge in [0.15, 0.2) is 0 Å². The van der Waals surface area contributed by atoms with Gasteiger partial charge in [0.05, 0.1) is 0 Å². The van der Waals surface area contributed by atoms with Gasteiger partial charge in [0.25, 0.3) is 0 Å². The summed E-state index contributed by atoms with van der Waals surface area (Å²) < 4.78 is 2.31. The summed E-state index contributed by atoms with van der Waals surface area (Å²) in [4.78, 5) is 4.36. The highest BCUT2D eigenvalue weighted by Crippen LogP contribution is 2.31. The Balaban J connectivity index is 2.11. The van der Waals surface area contributed by atoms with Crippen molar-refractivity contribution in [3.63, 3.8) is 0 Å². The Morgan fingerprint density at radius 2 is 2.33 bits per heavy atom. The molecule has 0 N–H and O–H groups in total. The lowest BCUT2D eigenvalue weighted by molar-refractivity contribution is 0.576. The zero-order valence-corrected chi connectivity index (χ0v) is 7.83. The highest BCUT2D eigenvalue weighted by atomic mass is 15.1. The van der Waals surface area contributed by atoms with E-state index >= 15 is 0 Å². The number of aromatic nitrogens is 2. The molecule has 0 radical (unpaired) electrons. The molecule has 0 aliphatic heterocycles. The van der Waals surface area contributed by atoms with E-state index in [9.17, 15) is 0 Å². The molecule has 1 aliphatic rings. The molecule has 2 nitrogen and oxygen atoms in total. The van der Waals surface area contributed by atoms with E-state index in [1.807, 2.05) is 6.20 Å². The molecule has 0 unspecified atom stereocenters. The number of rotatable bonds is 3. The minimum absolute atomic E-state index is 0.554. The van der Waals surface area contributed by atoms with Crippen LogP contribution in [-0.2, 0) is 6.54 Å². The van der Waals surface area contributed by atoms with Crippen molar-refractivity contribution in [2.45, 2.75) is 39.2 Å². The van der Waals surface area contributed by atoms with Crippen LogP contribution in [0.2, 0.25) is 0 Å². The summed E-state index contributed by atoms with van der Waals surface area (Å²) in [6, 6.07) is 0. The Kier molecular flexibility index (Phi) is 1.91. The molecule has 1 fully saturated rings. The van der Waals surface area contributed by atoms with Crippen LogP contribution in [0.3, 0.4) is 0 Å². The van der Waals surface area contributed by atoms with E-state index in [1.165, 1.54) is 25.2 Å². The maximum Gasteiger partial charge on any atom is 0.111 e. The Bertz CT molecular complexity index is 259. The molecule has 1 aromatic heterocycles. The van der Waals surface area contributed by atoms with Gasteiger partial charge < -0.3 is 4.57 Å². The van der Waals surface area contributed by atoms with Gasteiger partial charge in [0.1, 0.15) is 5.82 Å². The Labute approximate surface area is 73.6 Å². The molecule has 0 spiro atoms. The lowest BCUT2D eigenvalue weighted by Gasteiger charge is -2.08. The van der Waals surface area contributed by atoms with Gasteiger partial charge in [-0.1, -0.05) is 13.8 Å². The summed E-state index contributed by atoms with van der Waals surface area (Å²) in [6.07, 6.45) is 6.84. The normalized spacial score (nSPS) is 17.2. The minimum Gasteiger partial charge on any atom is -0.334 e. The molecule has 0 saturated heterocycles. The number of hydrogen-bond acceptors (Lipinski definition) is 1. The third-order valence-electron chi connectivity index (χ3n) is 2.42. The molecule has 0 aromatic carbocycles. The van der Waals surface area contributed by atoms with Crippen molar-refractivity contribution in [1.29, 1.82) is 0 Å². The van der Waals surface area contributed by atoms with Gasteiger partial charge in [-0.3, -0.25) is 0 Å². The summed E-state index contributed by atoms with van der Waals surface area (Å²) in [5.74, 6) is 2.73. The van der Waals surface area contributed by atoms with Gasteiger partial charge in [0.2, 0.25) is 0 Å². The fourth-order valence-electron chi connectivity index (χ4n) is 1.55. The highest BCUT2D eigenvalue weighted by molar-refractivity contribution is 4.98. The van der Waals surface area contributed by atoms with Gasteiger partial charge >= 0.3 is 0 Å². The summed E-state index contributed by atoms with van der Waals surface area (Å²) in [6.45, 7) is 5.59. The quantitative estimate of drug-likeness (QED) is 0.670. The third-order valence-corrected chi connectivity index (χ3v) is 2.42. The summed E-state index contributed by atoms with van der Waals surface area (Å²) in [7, 11) is 0. The van der Waals surface area contributed by atoms with Crippen LogP contribution >= 0.6 is 0 Å². The Morgan fingerprint density at radius 3 is 2.92 bits per heavy atom. The molecular formula is C10H16N2. The monoisotopic (exact) mass is 164 g/mol. The topological polar surface area (TPSA) is 17.8 Å². The summed E-state index contributed by atoms with van der Waals surface area (Å²) in [5.41, 5.74) is 0. The van der Waals surface area contributed by atoms with Crippen LogP contribution in [0, 0.1) is 5.92 Å². The van der Waals surface area contributed by atoms with Crippen LogP contribution in [0.15, 0.2) is 12.4 Å². The number of nitrogens with zero attached hydrogens (tertiary/aromatic N) is 2. The predicted octanol–water partition coefficient (Wildman–Crippen LogP) is 2.42. The van der Waals surface area contributed by atoms with Crippen LogP contribution in [0.25, 0.3) is 0 Å².